The number of carbonyl (C=O) groups is 1. The highest BCUT2D eigenvalue weighted by Crippen LogP contribution is 2.36. The maximum absolute atomic E-state index is 13.7. The van der Waals surface area contributed by atoms with Crippen molar-refractivity contribution in [1.82, 2.24) is 14.9 Å². The molecular weight excluding hydrogens is 431 g/mol. The lowest BCUT2D eigenvalue weighted by Gasteiger charge is -2.20. The Labute approximate surface area is 171 Å². The van der Waals surface area contributed by atoms with E-state index < -0.39 is 46.8 Å². The van der Waals surface area contributed by atoms with Crippen molar-refractivity contribution < 1.29 is 35.5 Å². The first-order chi connectivity index (χ1) is 14.4. The van der Waals surface area contributed by atoms with Gasteiger partial charge in [0, 0.05) is 25.0 Å². The Bertz CT molecular complexity index is 1070. The second-order valence-electron chi connectivity index (χ2n) is 6.65. The molecule has 11 heteroatoms. The van der Waals surface area contributed by atoms with Gasteiger partial charge in [0.25, 0.3) is 5.91 Å². The van der Waals surface area contributed by atoms with Crippen molar-refractivity contribution in [1.29, 1.82) is 0 Å². The zero-order chi connectivity index (χ0) is 23.0. The molecule has 0 saturated carbocycles. The number of hydrogen-bond acceptors (Lipinski definition) is 2. The van der Waals surface area contributed by atoms with Gasteiger partial charge in [-0.15, -0.1) is 0 Å². The second kappa shape index (κ2) is 8.05. The monoisotopic (exact) mass is 445 g/mol. The molecule has 4 nitrogen and oxygen atoms in total. The smallest absolute Gasteiger partial charge is 0.338 e. The highest BCUT2D eigenvalue weighted by atomic mass is 19.4. The van der Waals surface area contributed by atoms with E-state index in [4.69, 9.17) is 0 Å². The van der Waals surface area contributed by atoms with Gasteiger partial charge in [-0.05, 0) is 35.9 Å². The van der Waals surface area contributed by atoms with Gasteiger partial charge < -0.3 is 9.88 Å². The summed E-state index contributed by atoms with van der Waals surface area (Å²) in [6.07, 6.45) is -7.31. The van der Waals surface area contributed by atoms with Gasteiger partial charge >= 0.3 is 12.4 Å². The highest BCUT2D eigenvalue weighted by Gasteiger charge is 2.37. The van der Waals surface area contributed by atoms with Crippen LogP contribution >= 0.6 is 0 Å². The van der Waals surface area contributed by atoms with Crippen LogP contribution in [-0.4, -0.2) is 15.5 Å². The van der Waals surface area contributed by atoms with Gasteiger partial charge in [-0.3, -0.25) is 4.79 Å². The third-order valence-electron chi connectivity index (χ3n) is 4.42. The van der Waals surface area contributed by atoms with Crippen molar-refractivity contribution in [3.8, 4) is 0 Å². The van der Waals surface area contributed by atoms with Crippen molar-refractivity contribution in [2.45, 2.75) is 18.4 Å². The Morgan fingerprint density at radius 1 is 1.00 bits per heavy atom. The van der Waals surface area contributed by atoms with Crippen LogP contribution in [0.1, 0.15) is 38.9 Å². The van der Waals surface area contributed by atoms with E-state index in [1.165, 1.54) is 29.1 Å². The molecule has 0 aliphatic carbocycles. The first-order valence-corrected chi connectivity index (χ1v) is 8.69. The molecule has 164 valence electrons. The number of imidazole rings is 1. The van der Waals surface area contributed by atoms with E-state index in [-0.39, 0.29) is 17.5 Å². The summed E-state index contributed by atoms with van der Waals surface area (Å²) in [5.74, 6) is -1.67. The van der Waals surface area contributed by atoms with Crippen LogP contribution in [0.4, 0.5) is 30.7 Å². The molecule has 1 unspecified atom stereocenters. The summed E-state index contributed by atoms with van der Waals surface area (Å²) in [6.45, 7) is 0. The number of amides is 1. The molecule has 0 aliphatic heterocycles. The Morgan fingerprint density at radius 3 is 2.10 bits per heavy atom. The van der Waals surface area contributed by atoms with E-state index in [0.29, 0.717) is 12.1 Å². The number of nitrogens with one attached hydrogen (secondary N) is 1. The van der Waals surface area contributed by atoms with Crippen LogP contribution in [0.25, 0.3) is 0 Å². The Morgan fingerprint density at radius 2 is 1.61 bits per heavy atom. The van der Waals surface area contributed by atoms with E-state index in [2.05, 4.69) is 10.3 Å². The average Bonchev–Trinajstić information content (AvgIpc) is 3.09. The van der Waals surface area contributed by atoms with Gasteiger partial charge in [-0.1, -0.05) is 12.1 Å². The van der Waals surface area contributed by atoms with Crippen LogP contribution in [0.15, 0.2) is 54.9 Å². The Hall–Kier alpha value is -3.37. The molecule has 0 radical (unpaired) electrons. The lowest BCUT2D eigenvalue weighted by molar-refractivity contribution is -0.143. The summed E-state index contributed by atoms with van der Waals surface area (Å²) < 4.78 is 93.7. The molecule has 1 atom stereocenters. The summed E-state index contributed by atoms with van der Waals surface area (Å²) >= 11 is 0. The molecule has 1 heterocycles. The van der Waals surface area contributed by atoms with Crippen LogP contribution < -0.4 is 5.32 Å². The lowest BCUT2D eigenvalue weighted by atomic mass is 10.0. The largest absolute Gasteiger partial charge is 0.416 e. The Kier molecular flexibility index (Phi) is 5.79. The minimum Gasteiger partial charge on any atom is -0.338 e. The van der Waals surface area contributed by atoms with Crippen LogP contribution in [0.2, 0.25) is 0 Å². The lowest BCUT2D eigenvalue weighted by Crippen LogP contribution is -2.31. The summed E-state index contributed by atoms with van der Waals surface area (Å²) in [6, 6.07) is 4.45. The third kappa shape index (κ3) is 5.04. The average molecular weight is 445 g/mol. The molecule has 1 N–H and O–H groups in total. The van der Waals surface area contributed by atoms with Crippen molar-refractivity contribution in [3.05, 3.63) is 88.8 Å². The van der Waals surface area contributed by atoms with Crippen molar-refractivity contribution >= 4 is 5.91 Å². The van der Waals surface area contributed by atoms with E-state index in [9.17, 15) is 35.5 Å². The number of nitrogens with zero attached hydrogens (tertiary/aromatic N) is 2. The molecular formula is C20H14F7N3O. The van der Waals surface area contributed by atoms with Crippen molar-refractivity contribution in [2.24, 2.45) is 7.05 Å². The Balaban J connectivity index is 2.05. The molecule has 2 aromatic carbocycles. The maximum Gasteiger partial charge on any atom is 0.416 e. The summed E-state index contributed by atoms with van der Waals surface area (Å²) in [5, 5.41) is 2.35. The van der Waals surface area contributed by atoms with Gasteiger partial charge in [-0.2, -0.15) is 26.3 Å². The number of alkyl halides is 6. The van der Waals surface area contributed by atoms with E-state index in [0.717, 1.165) is 12.1 Å². The number of aromatic nitrogens is 2. The molecule has 31 heavy (non-hydrogen) atoms. The van der Waals surface area contributed by atoms with E-state index in [1.54, 1.807) is 7.05 Å². The quantitative estimate of drug-likeness (QED) is 0.567. The van der Waals surface area contributed by atoms with Gasteiger partial charge in [0.15, 0.2) is 0 Å². The summed E-state index contributed by atoms with van der Waals surface area (Å²) in [5.41, 5.74) is -3.89. The van der Waals surface area contributed by atoms with Gasteiger partial charge in [0.05, 0.1) is 11.1 Å². The molecule has 1 aromatic heterocycles. The third-order valence-corrected chi connectivity index (χ3v) is 4.42. The zero-order valence-corrected chi connectivity index (χ0v) is 15.7. The van der Waals surface area contributed by atoms with Crippen molar-refractivity contribution in [2.75, 3.05) is 0 Å². The van der Waals surface area contributed by atoms with Crippen molar-refractivity contribution in [3.63, 3.8) is 0 Å². The van der Waals surface area contributed by atoms with Crippen LogP contribution in [-0.2, 0) is 19.4 Å². The first-order valence-electron chi connectivity index (χ1n) is 8.69. The number of benzene rings is 2. The van der Waals surface area contributed by atoms with Gasteiger partial charge in [-0.25, -0.2) is 9.37 Å². The zero-order valence-electron chi connectivity index (χ0n) is 15.7. The standard InChI is InChI=1S/C20H14F7N3O/c1-30-6-5-28-17(30)16(11-3-2-4-15(21)9-11)29-18(31)12-7-13(19(22,23)24)10-14(8-12)20(25,26)27/h2-10,16H,1H3,(H,29,31). The topological polar surface area (TPSA) is 46.9 Å². The fraction of sp³-hybridized carbons (Fsp3) is 0.200. The number of carbonyl (C=O) groups excluding carboxylic acids is 1. The molecule has 0 fully saturated rings. The number of rotatable bonds is 4. The van der Waals surface area contributed by atoms with Gasteiger partial charge in [0.2, 0.25) is 0 Å². The molecule has 1 amide bonds. The highest BCUT2D eigenvalue weighted by molar-refractivity contribution is 5.95. The predicted octanol–water partition coefficient (Wildman–Crippen LogP) is 5.12. The molecule has 0 bridgehead atoms. The van der Waals surface area contributed by atoms with Crippen LogP contribution in [0.5, 0.6) is 0 Å². The predicted molar refractivity (Wildman–Crippen MR) is 95.4 cm³/mol. The summed E-state index contributed by atoms with van der Waals surface area (Å²) in [7, 11) is 1.56. The van der Waals surface area contributed by atoms with Crippen LogP contribution in [0.3, 0.4) is 0 Å². The van der Waals surface area contributed by atoms with E-state index in [1.807, 2.05) is 0 Å². The normalized spacial score (nSPS) is 13.2. The molecule has 0 saturated heterocycles. The SMILES string of the molecule is Cn1ccnc1C(NC(=O)c1cc(C(F)(F)F)cc(C(F)(F)F)c1)c1cccc(F)c1. The van der Waals surface area contributed by atoms with Gasteiger partial charge in [0.1, 0.15) is 17.7 Å². The minimum absolute atomic E-state index is 0.0699. The fourth-order valence-corrected chi connectivity index (χ4v) is 2.94. The molecule has 3 aromatic rings. The molecule has 3 rings (SSSR count). The molecule has 0 aliphatic rings. The second-order valence-corrected chi connectivity index (χ2v) is 6.65. The number of hydrogen-bond donors (Lipinski definition) is 1. The maximum atomic E-state index is 13.7. The minimum atomic E-state index is -5.10. The fourth-order valence-electron chi connectivity index (χ4n) is 2.94. The summed E-state index contributed by atoms with van der Waals surface area (Å²) in [4.78, 5) is 16.7. The first kappa shape index (κ1) is 22.3. The van der Waals surface area contributed by atoms with Crippen LogP contribution in [0, 0.1) is 5.82 Å². The molecule has 0 spiro atoms. The van der Waals surface area contributed by atoms with E-state index >= 15 is 0 Å². The number of halogens is 7. The number of aryl methyl sites for hydroxylation is 1.